The van der Waals surface area contributed by atoms with E-state index in [1.807, 2.05) is 0 Å². The zero-order valence-corrected chi connectivity index (χ0v) is 44.8. The molecule has 0 aromatic rings. The summed E-state index contributed by atoms with van der Waals surface area (Å²) in [5.41, 5.74) is 0. The van der Waals surface area contributed by atoms with Crippen molar-refractivity contribution >= 4 is 17.9 Å². The largest absolute Gasteiger partial charge is 0.462 e. The zero-order chi connectivity index (χ0) is 50.0. The van der Waals surface area contributed by atoms with Crippen molar-refractivity contribution < 1.29 is 28.6 Å². The smallest absolute Gasteiger partial charge is 0.306 e. The summed E-state index contributed by atoms with van der Waals surface area (Å²) in [6.07, 6.45) is 76.4. The highest BCUT2D eigenvalue weighted by Gasteiger charge is 2.19. The van der Waals surface area contributed by atoms with Crippen LogP contribution in [0.2, 0.25) is 0 Å². The third-order valence-electron chi connectivity index (χ3n) is 11.7. The molecule has 0 spiro atoms. The summed E-state index contributed by atoms with van der Waals surface area (Å²) in [5.74, 6) is -0.967. The molecular formula is C63H104O6. The number of rotatable bonds is 50. The maximum Gasteiger partial charge on any atom is 0.306 e. The van der Waals surface area contributed by atoms with Gasteiger partial charge in [-0.3, -0.25) is 14.4 Å². The molecule has 6 heteroatoms. The second-order valence-corrected chi connectivity index (χ2v) is 18.5. The van der Waals surface area contributed by atoms with E-state index in [1.54, 1.807) is 0 Å². The van der Waals surface area contributed by atoms with Gasteiger partial charge in [-0.05, 0) is 128 Å². The maximum absolute atomic E-state index is 12.8. The number of carbonyl (C=O) groups excluding carboxylic acids is 3. The number of esters is 3. The van der Waals surface area contributed by atoms with Crippen LogP contribution in [0.25, 0.3) is 0 Å². The molecule has 1 atom stereocenters. The van der Waals surface area contributed by atoms with Gasteiger partial charge in [-0.25, -0.2) is 0 Å². The Bertz CT molecular complexity index is 1420. The number of allylic oxidation sites excluding steroid dienone is 18. The molecule has 0 fully saturated rings. The van der Waals surface area contributed by atoms with Gasteiger partial charge in [0.05, 0.1) is 0 Å². The van der Waals surface area contributed by atoms with E-state index in [4.69, 9.17) is 14.2 Å². The molecule has 0 aliphatic carbocycles. The van der Waals surface area contributed by atoms with Crippen molar-refractivity contribution in [2.45, 2.75) is 258 Å². The first-order valence-corrected chi connectivity index (χ1v) is 28.4. The first kappa shape index (κ1) is 65.1. The Morgan fingerprint density at radius 2 is 0.565 bits per heavy atom. The van der Waals surface area contributed by atoms with Crippen molar-refractivity contribution in [2.75, 3.05) is 13.2 Å². The summed E-state index contributed by atoms with van der Waals surface area (Å²) in [4.78, 5) is 38.1. The summed E-state index contributed by atoms with van der Waals surface area (Å²) >= 11 is 0. The van der Waals surface area contributed by atoms with Crippen LogP contribution < -0.4 is 0 Å². The van der Waals surface area contributed by atoms with Gasteiger partial charge in [0.25, 0.3) is 0 Å². The number of unbranched alkanes of at least 4 members (excludes halogenated alkanes) is 21. The molecule has 0 rings (SSSR count). The van der Waals surface area contributed by atoms with E-state index in [9.17, 15) is 14.4 Å². The molecule has 0 aromatic heterocycles. The summed E-state index contributed by atoms with van der Waals surface area (Å²) in [7, 11) is 0. The van der Waals surface area contributed by atoms with Crippen LogP contribution in [-0.2, 0) is 28.6 Å². The molecule has 0 N–H and O–H groups in total. The van der Waals surface area contributed by atoms with Crippen molar-refractivity contribution in [2.24, 2.45) is 0 Å². The van der Waals surface area contributed by atoms with E-state index in [1.165, 1.54) is 77.0 Å². The van der Waals surface area contributed by atoms with Gasteiger partial charge in [-0.2, -0.15) is 0 Å². The summed E-state index contributed by atoms with van der Waals surface area (Å²) < 4.78 is 16.8. The third-order valence-corrected chi connectivity index (χ3v) is 11.7. The Morgan fingerprint density at radius 1 is 0.304 bits per heavy atom. The topological polar surface area (TPSA) is 78.9 Å². The Morgan fingerprint density at radius 3 is 0.942 bits per heavy atom. The van der Waals surface area contributed by atoms with E-state index in [-0.39, 0.29) is 31.1 Å². The molecule has 0 aliphatic heterocycles. The summed E-state index contributed by atoms with van der Waals surface area (Å²) in [6.45, 7) is 6.44. The molecule has 6 nitrogen and oxygen atoms in total. The normalized spacial score (nSPS) is 12.9. The van der Waals surface area contributed by atoms with E-state index < -0.39 is 6.10 Å². The lowest BCUT2D eigenvalue weighted by Crippen LogP contribution is -2.30. The Balaban J connectivity index is 4.52. The number of hydrogen-bond acceptors (Lipinski definition) is 6. The molecule has 0 radical (unpaired) electrons. The minimum atomic E-state index is -0.809. The Kier molecular flexibility index (Phi) is 53.4. The van der Waals surface area contributed by atoms with Crippen LogP contribution in [0, 0.1) is 0 Å². The standard InChI is InChI=1S/C63H104O6/c1-4-7-10-13-16-19-22-25-28-30-31-33-35-38-41-44-47-50-53-56-62(65)68-59-60(58-67-61(64)55-52-49-46-43-40-37-34-27-24-21-18-15-12-9-6-3)69-63(66)57-54-51-48-45-42-39-36-32-29-26-23-20-17-14-11-8-5-2/h7,10,16-17,19-20,25-29,31,33-34,36,38-39,41,60H,4-6,8-9,11-15,18,21-24,30,32,35,37,40,42-59H2,1-3H3/b10-7-,19-16-,20-17-,28-25-,29-26-,33-31-,34-27-,39-36-,41-38-/t60-/m1/s1. The van der Waals surface area contributed by atoms with Crippen LogP contribution in [-0.4, -0.2) is 37.2 Å². The van der Waals surface area contributed by atoms with Gasteiger partial charge < -0.3 is 14.2 Å². The van der Waals surface area contributed by atoms with E-state index in [0.717, 1.165) is 135 Å². The maximum atomic E-state index is 12.8. The molecular weight excluding hydrogens is 853 g/mol. The lowest BCUT2D eigenvalue weighted by molar-refractivity contribution is -0.167. The predicted molar refractivity (Wildman–Crippen MR) is 297 cm³/mol. The second-order valence-electron chi connectivity index (χ2n) is 18.5. The first-order valence-electron chi connectivity index (χ1n) is 28.4. The highest BCUT2D eigenvalue weighted by Crippen LogP contribution is 2.13. The fraction of sp³-hybridized carbons (Fsp3) is 0.667. The molecule has 0 bridgehead atoms. The molecule has 392 valence electrons. The number of ether oxygens (including phenoxy) is 3. The first-order chi connectivity index (χ1) is 34.0. The molecule has 0 aliphatic rings. The van der Waals surface area contributed by atoms with Crippen LogP contribution in [0.4, 0.5) is 0 Å². The quantitative estimate of drug-likeness (QED) is 0.0262. The van der Waals surface area contributed by atoms with Gasteiger partial charge in [-0.15, -0.1) is 0 Å². The van der Waals surface area contributed by atoms with Crippen LogP contribution >= 0.6 is 0 Å². The molecule has 0 saturated carbocycles. The van der Waals surface area contributed by atoms with E-state index in [0.29, 0.717) is 19.3 Å². The average Bonchev–Trinajstić information content (AvgIpc) is 3.35. The van der Waals surface area contributed by atoms with Crippen molar-refractivity contribution in [3.63, 3.8) is 0 Å². The lowest BCUT2D eigenvalue weighted by atomic mass is 10.1. The molecule has 0 aromatic carbocycles. The van der Waals surface area contributed by atoms with Crippen LogP contribution in [0.1, 0.15) is 252 Å². The molecule has 69 heavy (non-hydrogen) atoms. The van der Waals surface area contributed by atoms with Crippen LogP contribution in [0.3, 0.4) is 0 Å². The van der Waals surface area contributed by atoms with Gasteiger partial charge in [0, 0.05) is 19.3 Å². The second kappa shape index (κ2) is 56.7. The minimum Gasteiger partial charge on any atom is -0.462 e. The molecule has 0 heterocycles. The number of carbonyl (C=O) groups is 3. The van der Waals surface area contributed by atoms with E-state index in [2.05, 4.69) is 130 Å². The Hall–Kier alpha value is -3.93. The molecule has 0 saturated heterocycles. The van der Waals surface area contributed by atoms with Crippen molar-refractivity contribution in [1.29, 1.82) is 0 Å². The molecule has 0 unspecified atom stereocenters. The highest BCUT2D eigenvalue weighted by atomic mass is 16.6. The van der Waals surface area contributed by atoms with Gasteiger partial charge in [0.2, 0.25) is 0 Å². The number of hydrogen-bond donors (Lipinski definition) is 0. The summed E-state index contributed by atoms with van der Waals surface area (Å²) in [6, 6.07) is 0. The monoisotopic (exact) mass is 957 g/mol. The van der Waals surface area contributed by atoms with Gasteiger partial charge >= 0.3 is 17.9 Å². The van der Waals surface area contributed by atoms with Crippen molar-refractivity contribution in [3.05, 3.63) is 109 Å². The SMILES string of the molecule is CC/C=C\C/C=C\C/C=C\C/C=C\C/C=C\CCCCCC(=O)OC[C@@H](COC(=O)CCCCCCC/C=C\CCCCCCCC)OC(=O)CCCCCC/C=C\C/C=C\C/C=C\CCCCC. The lowest BCUT2D eigenvalue weighted by Gasteiger charge is -2.18. The van der Waals surface area contributed by atoms with Crippen molar-refractivity contribution in [3.8, 4) is 0 Å². The fourth-order valence-corrected chi connectivity index (χ4v) is 7.47. The van der Waals surface area contributed by atoms with Crippen LogP contribution in [0.5, 0.6) is 0 Å². The predicted octanol–water partition coefficient (Wildman–Crippen LogP) is 19.1. The van der Waals surface area contributed by atoms with Crippen LogP contribution in [0.15, 0.2) is 109 Å². The fourth-order valence-electron chi connectivity index (χ4n) is 7.47. The van der Waals surface area contributed by atoms with Gasteiger partial charge in [0.1, 0.15) is 13.2 Å². The van der Waals surface area contributed by atoms with Gasteiger partial charge in [-0.1, -0.05) is 214 Å². The average molecular weight is 958 g/mol. The zero-order valence-electron chi connectivity index (χ0n) is 44.8. The summed E-state index contributed by atoms with van der Waals surface area (Å²) in [5, 5.41) is 0. The van der Waals surface area contributed by atoms with Crippen molar-refractivity contribution in [1.82, 2.24) is 0 Å². The highest BCUT2D eigenvalue weighted by molar-refractivity contribution is 5.71. The third kappa shape index (κ3) is 54.9. The minimum absolute atomic E-state index is 0.104. The Labute approximate surface area is 425 Å². The molecule has 0 amide bonds. The van der Waals surface area contributed by atoms with E-state index >= 15 is 0 Å². The van der Waals surface area contributed by atoms with Gasteiger partial charge in [0.15, 0.2) is 6.10 Å².